The molecule has 0 bridgehead atoms. The van der Waals surface area contributed by atoms with Crippen molar-refractivity contribution in [2.24, 2.45) is 0 Å². The van der Waals surface area contributed by atoms with Gasteiger partial charge in [-0.3, -0.25) is 4.79 Å². The predicted molar refractivity (Wildman–Crippen MR) is 88.0 cm³/mol. The Balaban J connectivity index is 1.39. The van der Waals surface area contributed by atoms with Gasteiger partial charge in [-0.05, 0) is 31.2 Å². The summed E-state index contributed by atoms with van der Waals surface area (Å²) in [4.78, 5) is 16.2. The average Bonchev–Trinajstić information content (AvgIpc) is 3.23. The number of hydrogen-bond donors (Lipinski definition) is 1. The number of carbonyl (C=O) groups is 1. The van der Waals surface area contributed by atoms with Gasteiger partial charge < -0.3 is 14.6 Å². The van der Waals surface area contributed by atoms with Crippen molar-refractivity contribution < 1.29 is 9.53 Å². The zero-order valence-corrected chi connectivity index (χ0v) is 13.2. The Labute approximate surface area is 136 Å². The molecule has 1 heterocycles. The van der Waals surface area contributed by atoms with Crippen molar-refractivity contribution in [2.75, 3.05) is 13.2 Å². The molecule has 1 aliphatic carbocycles. The van der Waals surface area contributed by atoms with Crippen molar-refractivity contribution in [2.45, 2.75) is 37.8 Å². The molecule has 1 aliphatic rings. The Hall–Kier alpha value is -2.14. The van der Waals surface area contributed by atoms with Crippen molar-refractivity contribution in [3.63, 3.8) is 0 Å². The van der Waals surface area contributed by atoms with Crippen LogP contribution in [0.3, 0.4) is 0 Å². The van der Waals surface area contributed by atoms with Gasteiger partial charge in [-0.25, -0.2) is 4.98 Å². The minimum atomic E-state index is -0.0323. The van der Waals surface area contributed by atoms with Crippen LogP contribution in [0, 0.1) is 0 Å². The van der Waals surface area contributed by atoms with E-state index in [2.05, 4.69) is 27.0 Å². The third-order valence-electron chi connectivity index (χ3n) is 4.34. The molecule has 1 N–H and O–H groups in total. The highest BCUT2D eigenvalue weighted by Gasteiger charge is 2.29. The summed E-state index contributed by atoms with van der Waals surface area (Å²) >= 11 is 0. The highest BCUT2D eigenvalue weighted by Crippen LogP contribution is 2.29. The fourth-order valence-electron chi connectivity index (χ4n) is 3.18. The van der Waals surface area contributed by atoms with Crippen LogP contribution in [0.1, 0.15) is 30.9 Å². The molecule has 1 aromatic carbocycles. The predicted octanol–water partition coefficient (Wildman–Crippen LogP) is 2.35. The first kappa shape index (κ1) is 15.7. The highest BCUT2D eigenvalue weighted by molar-refractivity contribution is 5.77. The topological polar surface area (TPSA) is 56.1 Å². The van der Waals surface area contributed by atoms with Crippen LogP contribution in [0.25, 0.3) is 0 Å². The molecule has 5 heteroatoms. The maximum Gasteiger partial charge on any atom is 0.246 e. The number of hydrogen-bond acceptors (Lipinski definition) is 3. The minimum absolute atomic E-state index is 0.0323. The van der Waals surface area contributed by atoms with Gasteiger partial charge in [0.2, 0.25) is 5.91 Å². The zero-order chi connectivity index (χ0) is 15.9. The molecular weight excluding hydrogens is 290 g/mol. The summed E-state index contributed by atoms with van der Waals surface area (Å²) in [5.74, 6) is -0.0323. The maximum absolute atomic E-state index is 12.1. The van der Waals surface area contributed by atoms with E-state index in [-0.39, 0.29) is 18.6 Å². The van der Waals surface area contributed by atoms with E-state index < -0.39 is 0 Å². The molecule has 2 atom stereocenters. The second-order valence-corrected chi connectivity index (χ2v) is 5.97. The van der Waals surface area contributed by atoms with Gasteiger partial charge in [0.05, 0.1) is 19.0 Å². The molecule has 1 saturated carbocycles. The van der Waals surface area contributed by atoms with Gasteiger partial charge in [0.25, 0.3) is 0 Å². The van der Waals surface area contributed by atoms with Crippen molar-refractivity contribution >= 4 is 5.91 Å². The van der Waals surface area contributed by atoms with E-state index in [9.17, 15) is 4.79 Å². The molecule has 1 aromatic heterocycles. The summed E-state index contributed by atoms with van der Waals surface area (Å²) < 4.78 is 7.60. The van der Waals surface area contributed by atoms with Crippen molar-refractivity contribution in [1.29, 1.82) is 0 Å². The van der Waals surface area contributed by atoms with Crippen LogP contribution in [-0.2, 0) is 16.0 Å². The lowest BCUT2D eigenvalue weighted by Gasteiger charge is -2.22. The SMILES string of the molecule is O=C(COCCc1ccccc1)NC1CCCC1n1ccnc1. The first-order chi connectivity index (χ1) is 11.3. The second kappa shape index (κ2) is 7.92. The fraction of sp³-hybridized carbons (Fsp3) is 0.444. The normalized spacial score (nSPS) is 20.5. The highest BCUT2D eigenvalue weighted by atomic mass is 16.5. The lowest BCUT2D eigenvalue weighted by Crippen LogP contribution is -2.40. The lowest BCUT2D eigenvalue weighted by atomic mass is 10.1. The number of nitrogens with zero attached hydrogens (tertiary/aromatic N) is 2. The molecule has 3 rings (SSSR count). The Kier molecular flexibility index (Phi) is 5.42. The number of aromatic nitrogens is 2. The van der Waals surface area contributed by atoms with Crippen molar-refractivity contribution in [1.82, 2.24) is 14.9 Å². The van der Waals surface area contributed by atoms with E-state index in [0.29, 0.717) is 12.6 Å². The Morgan fingerprint density at radius 2 is 2.17 bits per heavy atom. The van der Waals surface area contributed by atoms with Crippen LogP contribution in [-0.4, -0.2) is 34.7 Å². The lowest BCUT2D eigenvalue weighted by molar-refractivity contribution is -0.126. The first-order valence-corrected chi connectivity index (χ1v) is 8.21. The van der Waals surface area contributed by atoms with Gasteiger partial charge in [0.15, 0.2) is 0 Å². The quantitative estimate of drug-likeness (QED) is 0.798. The van der Waals surface area contributed by atoms with Crippen molar-refractivity contribution in [3.8, 4) is 0 Å². The summed E-state index contributed by atoms with van der Waals surface area (Å²) in [6.45, 7) is 0.688. The van der Waals surface area contributed by atoms with Crippen LogP contribution < -0.4 is 5.32 Å². The number of carbonyl (C=O) groups excluding carboxylic acids is 1. The van der Waals surface area contributed by atoms with Crippen LogP contribution in [0.4, 0.5) is 0 Å². The van der Waals surface area contributed by atoms with E-state index in [1.807, 2.05) is 30.7 Å². The Bertz CT molecular complexity index is 598. The number of ether oxygens (including phenoxy) is 1. The van der Waals surface area contributed by atoms with E-state index in [1.165, 1.54) is 5.56 Å². The zero-order valence-electron chi connectivity index (χ0n) is 13.2. The van der Waals surface area contributed by atoms with E-state index >= 15 is 0 Å². The first-order valence-electron chi connectivity index (χ1n) is 8.21. The van der Waals surface area contributed by atoms with Crippen LogP contribution >= 0.6 is 0 Å². The smallest absolute Gasteiger partial charge is 0.246 e. The molecule has 0 aliphatic heterocycles. The monoisotopic (exact) mass is 313 g/mol. The molecule has 23 heavy (non-hydrogen) atoms. The summed E-state index contributed by atoms with van der Waals surface area (Å²) in [7, 11) is 0. The van der Waals surface area contributed by atoms with E-state index in [4.69, 9.17) is 4.74 Å². The third-order valence-corrected chi connectivity index (χ3v) is 4.34. The van der Waals surface area contributed by atoms with Crippen LogP contribution in [0.2, 0.25) is 0 Å². The van der Waals surface area contributed by atoms with Crippen LogP contribution in [0.5, 0.6) is 0 Å². The number of rotatable bonds is 7. The average molecular weight is 313 g/mol. The maximum atomic E-state index is 12.1. The molecule has 2 aromatic rings. The number of amides is 1. The van der Waals surface area contributed by atoms with Gasteiger partial charge in [0, 0.05) is 18.4 Å². The van der Waals surface area contributed by atoms with Gasteiger partial charge in [0.1, 0.15) is 6.61 Å². The molecule has 1 amide bonds. The molecule has 0 radical (unpaired) electrons. The van der Waals surface area contributed by atoms with Crippen molar-refractivity contribution in [3.05, 3.63) is 54.6 Å². The van der Waals surface area contributed by atoms with Crippen LogP contribution in [0.15, 0.2) is 49.1 Å². The third kappa shape index (κ3) is 4.42. The van der Waals surface area contributed by atoms with Gasteiger partial charge in [-0.2, -0.15) is 0 Å². The summed E-state index contributed by atoms with van der Waals surface area (Å²) in [6.07, 6.45) is 9.62. The molecule has 0 saturated heterocycles. The number of imidazole rings is 1. The summed E-state index contributed by atoms with van der Waals surface area (Å²) in [5, 5.41) is 3.10. The van der Waals surface area contributed by atoms with Gasteiger partial charge >= 0.3 is 0 Å². The van der Waals surface area contributed by atoms with E-state index in [0.717, 1.165) is 25.7 Å². The summed E-state index contributed by atoms with van der Waals surface area (Å²) in [5.41, 5.74) is 1.23. The fourth-order valence-corrected chi connectivity index (χ4v) is 3.18. The second-order valence-electron chi connectivity index (χ2n) is 5.97. The standard InChI is InChI=1S/C18H23N3O2/c22-18(13-23-12-9-15-5-2-1-3-6-15)20-16-7-4-8-17(16)21-11-10-19-14-21/h1-3,5-6,10-11,14,16-17H,4,7-9,12-13H2,(H,20,22). The van der Waals surface area contributed by atoms with E-state index in [1.54, 1.807) is 6.20 Å². The minimum Gasteiger partial charge on any atom is -0.371 e. The molecule has 2 unspecified atom stereocenters. The van der Waals surface area contributed by atoms with Gasteiger partial charge in [-0.1, -0.05) is 30.3 Å². The molecule has 5 nitrogen and oxygen atoms in total. The molecule has 0 spiro atoms. The Morgan fingerprint density at radius 3 is 2.96 bits per heavy atom. The molecular formula is C18H23N3O2. The Morgan fingerprint density at radius 1 is 1.30 bits per heavy atom. The number of nitrogens with one attached hydrogen (secondary N) is 1. The molecule has 1 fully saturated rings. The largest absolute Gasteiger partial charge is 0.371 e. The summed E-state index contributed by atoms with van der Waals surface area (Å²) in [6, 6.07) is 10.6. The van der Waals surface area contributed by atoms with Gasteiger partial charge in [-0.15, -0.1) is 0 Å². The molecule has 122 valence electrons. The number of benzene rings is 1.